The quantitative estimate of drug-likeness (QED) is 0.597. The smallest absolute Gasteiger partial charge is 0.337 e. The van der Waals surface area contributed by atoms with E-state index in [0.717, 1.165) is 0 Å². The fourth-order valence-corrected chi connectivity index (χ4v) is 2.89. The number of aliphatic hydroxyl groups is 1. The van der Waals surface area contributed by atoms with Crippen LogP contribution in [0.15, 0.2) is 59.9 Å². The number of aromatic nitrogens is 1. The molecule has 1 aromatic carbocycles. The number of nitrogens with zero attached hydrogens (tertiary/aromatic N) is 2. The van der Waals surface area contributed by atoms with Crippen molar-refractivity contribution in [3.05, 3.63) is 65.5 Å². The summed E-state index contributed by atoms with van der Waals surface area (Å²) in [6.45, 7) is -0.153. The molecule has 0 aliphatic carbocycles. The lowest BCUT2D eigenvalue weighted by Crippen LogP contribution is -2.31. The van der Waals surface area contributed by atoms with Gasteiger partial charge in [-0.25, -0.2) is 9.78 Å². The standard InChI is InChI=1S/C20H20N4O5/c1-29-20(28)14-12-24(10-11-25)19(27)17(14)22-15-7-3-2-6-13(15)18(26)23-16-8-4-5-9-21-16/h2-9,22,25H,10-12H2,1H3,(H,21,23,26). The maximum atomic E-state index is 12.7. The Morgan fingerprint density at radius 2 is 1.97 bits per heavy atom. The van der Waals surface area contributed by atoms with Gasteiger partial charge in [-0.2, -0.15) is 0 Å². The zero-order valence-corrected chi connectivity index (χ0v) is 15.7. The van der Waals surface area contributed by atoms with E-state index in [1.807, 2.05) is 0 Å². The zero-order chi connectivity index (χ0) is 20.8. The van der Waals surface area contributed by atoms with Crippen LogP contribution in [0.1, 0.15) is 10.4 Å². The number of benzene rings is 1. The second-order valence-electron chi connectivity index (χ2n) is 6.14. The highest BCUT2D eigenvalue weighted by molar-refractivity contribution is 6.11. The molecule has 2 aromatic rings. The first-order chi connectivity index (χ1) is 14.0. The molecule has 1 aliphatic heterocycles. The molecule has 3 N–H and O–H groups in total. The number of carbonyl (C=O) groups is 3. The number of anilines is 2. The molecular weight excluding hydrogens is 376 g/mol. The number of para-hydroxylation sites is 1. The number of β-amino-alcohol motifs (C(OH)–C–C–N with tert-alkyl or cyclic N) is 1. The fraction of sp³-hybridized carbons (Fsp3) is 0.200. The van der Waals surface area contributed by atoms with Crippen molar-refractivity contribution in [3.8, 4) is 0 Å². The first-order valence-electron chi connectivity index (χ1n) is 8.85. The maximum Gasteiger partial charge on any atom is 0.337 e. The van der Waals surface area contributed by atoms with Gasteiger partial charge in [0.05, 0.1) is 37.1 Å². The SMILES string of the molecule is COC(=O)C1=C(Nc2ccccc2C(=O)Nc2ccccn2)C(=O)N(CCO)C1. The number of rotatable bonds is 7. The van der Waals surface area contributed by atoms with Crippen LogP contribution in [-0.2, 0) is 14.3 Å². The number of aliphatic hydroxyl groups excluding tert-OH is 1. The Bertz CT molecular complexity index is 958. The van der Waals surface area contributed by atoms with E-state index in [4.69, 9.17) is 9.84 Å². The van der Waals surface area contributed by atoms with Gasteiger partial charge in [-0.1, -0.05) is 18.2 Å². The largest absolute Gasteiger partial charge is 0.466 e. The monoisotopic (exact) mass is 396 g/mol. The molecule has 9 nitrogen and oxygen atoms in total. The minimum Gasteiger partial charge on any atom is -0.466 e. The molecule has 0 unspecified atom stereocenters. The van der Waals surface area contributed by atoms with E-state index < -0.39 is 17.8 Å². The molecule has 9 heteroatoms. The highest BCUT2D eigenvalue weighted by Crippen LogP contribution is 2.25. The highest BCUT2D eigenvalue weighted by Gasteiger charge is 2.34. The van der Waals surface area contributed by atoms with Crippen molar-refractivity contribution in [2.45, 2.75) is 0 Å². The van der Waals surface area contributed by atoms with Gasteiger partial charge in [0.25, 0.3) is 11.8 Å². The van der Waals surface area contributed by atoms with E-state index in [1.54, 1.807) is 48.7 Å². The number of esters is 1. The van der Waals surface area contributed by atoms with Gasteiger partial charge in [-0.15, -0.1) is 0 Å². The van der Waals surface area contributed by atoms with Crippen molar-refractivity contribution in [3.63, 3.8) is 0 Å². The van der Waals surface area contributed by atoms with Gasteiger partial charge in [0.2, 0.25) is 0 Å². The Kier molecular flexibility index (Phi) is 6.20. The molecule has 0 radical (unpaired) electrons. The van der Waals surface area contributed by atoms with Crippen LogP contribution < -0.4 is 10.6 Å². The summed E-state index contributed by atoms with van der Waals surface area (Å²) in [5.41, 5.74) is 0.758. The van der Waals surface area contributed by atoms with Crippen molar-refractivity contribution in [1.82, 2.24) is 9.88 Å². The van der Waals surface area contributed by atoms with Crippen molar-refractivity contribution in [2.24, 2.45) is 0 Å². The van der Waals surface area contributed by atoms with Crippen LogP contribution >= 0.6 is 0 Å². The van der Waals surface area contributed by atoms with Crippen LogP contribution in [0.4, 0.5) is 11.5 Å². The molecule has 0 spiro atoms. The lowest BCUT2D eigenvalue weighted by Gasteiger charge is -2.16. The molecule has 0 saturated carbocycles. The number of nitrogens with one attached hydrogen (secondary N) is 2. The number of methoxy groups -OCH3 is 1. The van der Waals surface area contributed by atoms with E-state index >= 15 is 0 Å². The molecular formula is C20H20N4O5. The van der Waals surface area contributed by atoms with Gasteiger partial charge in [0.15, 0.2) is 0 Å². The molecule has 0 saturated heterocycles. The Balaban J connectivity index is 1.90. The molecule has 0 bridgehead atoms. The van der Waals surface area contributed by atoms with E-state index in [1.165, 1.54) is 12.0 Å². The zero-order valence-electron chi connectivity index (χ0n) is 15.7. The summed E-state index contributed by atoms with van der Waals surface area (Å²) < 4.78 is 4.77. The number of ether oxygens (including phenoxy) is 1. The Labute approximate surface area is 167 Å². The van der Waals surface area contributed by atoms with Gasteiger partial charge in [0, 0.05) is 12.7 Å². The van der Waals surface area contributed by atoms with Crippen molar-refractivity contribution in [1.29, 1.82) is 0 Å². The second-order valence-corrected chi connectivity index (χ2v) is 6.14. The van der Waals surface area contributed by atoms with Gasteiger partial charge in [-0.05, 0) is 24.3 Å². The summed E-state index contributed by atoms with van der Waals surface area (Å²) in [6, 6.07) is 11.7. The maximum absolute atomic E-state index is 12.7. The van der Waals surface area contributed by atoms with E-state index in [9.17, 15) is 14.4 Å². The third kappa shape index (κ3) is 4.41. The van der Waals surface area contributed by atoms with Crippen molar-refractivity contribution >= 4 is 29.3 Å². The van der Waals surface area contributed by atoms with Crippen LogP contribution in [0.5, 0.6) is 0 Å². The van der Waals surface area contributed by atoms with Crippen molar-refractivity contribution < 1.29 is 24.2 Å². The third-order valence-corrected chi connectivity index (χ3v) is 4.29. The fourth-order valence-electron chi connectivity index (χ4n) is 2.89. The number of amides is 2. The minimum absolute atomic E-state index is 0.0106. The molecule has 150 valence electrons. The van der Waals surface area contributed by atoms with Crippen LogP contribution in [-0.4, -0.2) is 59.6 Å². The van der Waals surface area contributed by atoms with E-state index in [-0.39, 0.29) is 36.5 Å². The average Bonchev–Trinajstić information content (AvgIpc) is 3.04. The normalized spacial score (nSPS) is 13.4. The lowest BCUT2D eigenvalue weighted by atomic mass is 10.1. The summed E-state index contributed by atoms with van der Waals surface area (Å²) >= 11 is 0. The third-order valence-electron chi connectivity index (χ3n) is 4.29. The molecule has 0 fully saturated rings. The summed E-state index contributed by atoms with van der Waals surface area (Å²) in [7, 11) is 1.22. The molecule has 1 aliphatic rings. The second kappa shape index (κ2) is 8.98. The molecule has 2 amide bonds. The predicted octanol–water partition coefficient (Wildman–Crippen LogP) is 1.01. The lowest BCUT2D eigenvalue weighted by molar-refractivity contribution is -0.136. The summed E-state index contributed by atoms with van der Waals surface area (Å²) in [6.07, 6.45) is 1.56. The Morgan fingerprint density at radius 1 is 1.21 bits per heavy atom. The highest BCUT2D eigenvalue weighted by atomic mass is 16.5. The number of carbonyl (C=O) groups excluding carboxylic acids is 3. The van der Waals surface area contributed by atoms with E-state index in [2.05, 4.69) is 15.6 Å². The van der Waals surface area contributed by atoms with Gasteiger partial charge in [0.1, 0.15) is 11.5 Å². The Morgan fingerprint density at radius 3 is 2.66 bits per heavy atom. The van der Waals surface area contributed by atoms with Crippen molar-refractivity contribution in [2.75, 3.05) is 37.4 Å². The average molecular weight is 396 g/mol. The molecule has 0 atom stereocenters. The van der Waals surface area contributed by atoms with Gasteiger partial charge in [-0.3, -0.25) is 9.59 Å². The number of hydrogen-bond acceptors (Lipinski definition) is 7. The number of hydrogen-bond donors (Lipinski definition) is 3. The summed E-state index contributed by atoms with van der Waals surface area (Å²) in [5, 5.41) is 14.7. The van der Waals surface area contributed by atoms with Crippen LogP contribution in [0, 0.1) is 0 Å². The molecule has 1 aromatic heterocycles. The Hall–Kier alpha value is -3.72. The van der Waals surface area contributed by atoms with E-state index in [0.29, 0.717) is 11.5 Å². The van der Waals surface area contributed by atoms with Crippen LogP contribution in [0.25, 0.3) is 0 Å². The predicted molar refractivity (Wildman–Crippen MR) is 105 cm³/mol. The van der Waals surface area contributed by atoms with Gasteiger partial charge >= 0.3 is 5.97 Å². The first kappa shape index (κ1) is 20.0. The van der Waals surface area contributed by atoms with Crippen LogP contribution in [0.2, 0.25) is 0 Å². The molecule has 3 rings (SSSR count). The molecule has 2 heterocycles. The topological polar surface area (TPSA) is 121 Å². The van der Waals surface area contributed by atoms with Crippen LogP contribution in [0.3, 0.4) is 0 Å². The summed E-state index contributed by atoms with van der Waals surface area (Å²) in [5.74, 6) is -1.16. The minimum atomic E-state index is -0.656. The summed E-state index contributed by atoms with van der Waals surface area (Å²) in [4.78, 5) is 42.9. The first-order valence-corrected chi connectivity index (χ1v) is 8.85. The molecule has 29 heavy (non-hydrogen) atoms. The van der Waals surface area contributed by atoms with Gasteiger partial charge < -0.3 is 25.4 Å². The number of pyridine rings is 1.